The van der Waals surface area contributed by atoms with Gasteiger partial charge in [-0.3, -0.25) is 0 Å². The summed E-state index contributed by atoms with van der Waals surface area (Å²) in [7, 11) is -2.29. The lowest BCUT2D eigenvalue weighted by molar-refractivity contribution is 0.402. The molecular formula is C15H18N2O3S. The molecule has 6 heteroatoms. The highest BCUT2D eigenvalue weighted by Crippen LogP contribution is 2.27. The lowest BCUT2D eigenvalue weighted by Gasteiger charge is -2.16. The van der Waals surface area contributed by atoms with Crippen molar-refractivity contribution in [1.29, 1.82) is 0 Å². The first-order valence-electron chi connectivity index (χ1n) is 6.45. The first kappa shape index (κ1) is 15.3. The van der Waals surface area contributed by atoms with Gasteiger partial charge in [0, 0.05) is 17.8 Å². The molecule has 0 spiro atoms. The Morgan fingerprint density at radius 1 is 1.14 bits per heavy atom. The average molecular weight is 306 g/mol. The van der Waals surface area contributed by atoms with Crippen molar-refractivity contribution in [3.05, 3.63) is 54.1 Å². The summed E-state index contributed by atoms with van der Waals surface area (Å²) in [6.45, 7) is 1.79. The summed E-state index contributed by atoms with van der Waals surface area (Å²) in [5.74, 6) is 0.225. The van der Waals surface area contributed by atoms with E-state index in [1.54, 1.807) is 6.92 Å². The van der Waals surface area contributed by atoms with Crippen molar-refractivity contribution in [3.8, 4) is 5.75 Å². The van der Waals surface area contributed by atoms with Crippen LogP contribution in [-0.2, 0) is 10.0 Å². The minimum Gasteiger partial charge on any atom is -0.495 e. The molecule has 0 aliphatic heterocycles. The molecule has 0 amide bonds. The van der Waals surface area contributed by atoms with Gasteiger partial charge in [-0.2, -0.15) is 0 Å². The van der Waals surface area contributed by atoms with E-state index in [0.29, 0.717) is 5.69 Å². The maximum Gasteiger partial charge on any atom is 0.244 e. The quantitative estimate of drug-likeness (QED) is 0.831. The van der Waals surface area contributed by atoms with Gasteiger partial charge in [0.25, 0.3) is 0 Å². The maximum absolute atomic E-state index is 12.5. The summed E-state index contributed by atoms with van der Waals surface area (Å²) in [6, 6.07) is 13.5. The Kier molecular flexibility index (Phi) is 4.50. The highest BCUT2D eigenvalue weighted by Gasteiger charge is 2.22. The van der Waals surface area contributed by atoms with Gasteiger partial charge < -0.3 is 10.5 Å². The van der Waals surface area contributed by atoms with Crippen LogP contribution < -0.4 is 15.2 Å². The van der Waals surface area contributed by atoms with Crippen LogP contribution in [0.2, 0.25) is 0 Å². The summed E-state index contributed by atoms with van der Waals surface area (Å²) < 4.78 is 32.7. The Morgan fingerprint density at radius 3 is 2.43 bits per heavy atom. The second-order valence-electron chi connectivity index (χ2n) is 4.66. The molecule has 0 saturated heterocycles. The zero-order valence-electron chi connectivity index (χ0n) is 11.9. The van der Waals surface area contributed by atoms with Gasteiger partial charge in [-0.05, 0) is 24.6 Å². The number of sulfonamides is 1. The summed E-state index contributed by atoms with van der Waals surface area (Å²) in [6.07, 6.45) is 0. The number of benzene rings is 2. The van der Waals surface area contributed by atoms with Gasteiger partial charge in [0.05, 0.1) is 7.11 Å². The molecule has 3 N–H and O–H groups in total. The molecule has 0 aliphatic rings. The Balaban J connectivity index is 2.31. The average Bonchev–Trinajstić information content (AvgIpc) is 2.47. The Morgan fingerprint density at radius 2 is 1.81 bits per heavy atom. The molecule has 112 valence electrons. The van der Waals surface area contributed by atoms with Crippen LogP contribution in [-0.4, -0.2) is 15.5 Å². The molecule has 0 heterocycles. The fraction of sp³-hybridized carbons (Fsp3) is 0.200. The standard InChI is InChI=1S/C15H18N2O3S/c1-11(12-6-4-3-5-7-12)17-21(18,19)15-9-8-13(16)10-14(15)20-2/h3-11,17H,16H2,1-2H3/t11-/m0/s1. The van der Waals surface area contributed by atoms with Gasteiger partial charge >= 0.3 is 0 Å². The summed E-state index contributed by atoms with van der Waals surface area (Å²) >= 11 is 0. The monoisotopic (exact) mass is 306 g/mol. The van der Waals surface area contributed by atoms with Crippen LogP contribution in [0.1, 0.15) is 18.5 Å². The number of anilines is 1. The normalized spacial score (nSPS) is 12.9. The van der Waals surface area contributed by atoms with E-state index in [4.69, 9.17) is 10.5 Å². The molecule has 1 atom stereocenters. The van der Waals surface area contributed by atoms with Crippen molar-refractivity contribution in [2.45, 2.75) is 17.9 Å². The zero-order chi connectivity index (χ0) is 15.5. The van der Waals surface area contributed by atoms with Crippen LogP contribution in [0.5, 0.6) is 5.75 Å². The SMILES string of the molecule is COc1cc(N)ccc1S(=O)(=O)N[C@@H](C)c1ccccc1. The van der Waals surface area contributed by atoms with Crippen molar-refractivity contribution >= 4 is 15.7 Å². The lowest BCUT2D eigenvalue weighted by atomic mass is 10.1. The number of ether oxygens (including phenoxy) is 1. The van der Waals surface area contributed by atoms with E-state index in [1.807, 2.05) is 30.3 Å². The van der Waals surface area contributed by atoms with E-state index in [1.165, 1.54) is 25.3 Å². The first-order valence-corrected chi connectivity index (χ1v) is 7.93. The summed E-state index contributed by atoms with van der Waals surface area (Å²) in [4.78, 5) is 0.0713. The zero-order valence-corrected chi connectivity index (χ0v) is 12.7. The molecule has 0 aromatic heterocycles. The molecule has 0 fully saturated rings. The molecule has 0 radical (unpaired) electrons. The topological polar surface area (TPSA) is 81.4 Å². The number of methoxy groups -OCH3 is 1. The predicted octanol–water partition coefficient (Wildman–Crippen LogP) is 2.32. The molecule has 21 heavy (non-hydrogen) atoms. The molecule has 0 bridgehead atoms. The van der Waals surface area contributed by atoms with Gasteiger partial charge in [-0.1, -0.05) is 30.3 Å². The van der Waals surface area contributed by atoms with E-state index in [2.05, 4.69) is 4.72 Å². The number of rotatable bonds is 5. The Bertz CT molecular complexity index is 715. The second-order valence-corrected chi connectivity index (χ2v) is 6.35. The van der Waals surface area contributed by atoms with Gasteiger partial charge in [0.1, 0.15) is 10.6 Å². The van der Waals surface area contributed by atoms with Crippen molar-refractivity contribution in [2.24, 2.45) is 0 Å². The summed E-state index contributed by atoms with van der Waals surface area (Å²) in [5.41, 5.74) is 6.97. The van der Waals surface area contributed by atoms with Gasteiger partial charge in [0.2, 0.25) is 10.0 Å². The highest BCUT2D eigenvalue weighted by molar-refractivity contribution is 7.89. The number of nitrogen functional groups attached to an aromatic ring is 1. The molecule has 0 saturated carbocycles. The fourth-order valence-electron chi connectivity index (χ4n) is 2.01. The second kappa shape index (κ2) is 6.15. The maximum atomic E-state index is 12.5. The van der Waals surface area contributed by atoms with Crippen LogP contribution in [0.4, 0.5) is 5.69 Å². The van der Waals surface area contributed by atoms with Crippen molar-refractivity contribution in [2.75, 3.05) is 12.8 Å². The number of hydrogen-bond donors (Lipinski definition) is 2. The third-order valence-electron chi connectivity index (χ3n) is 3.11. The van der Waals surface area contributed by atoms with Gasteiger partial charge in [-0.15, -0.1) is 0 Å². The number of nitrogens with two attached hydrogens (primary N) is 1. The fourth-order valence-corrected chi connectivity index (χ4v) is 3.39. The van der Waals surface area contributed by atoms with Crippen LogP contribution in [0.15, 0.2) is 53.4 Å². The van der Waals surface area contributed by atoms with Crippen LogP contribution >= 0.6 is 0 Å². The predicted molar refractivity (Wildman–Crippen MR) is 82.6 cm³/mol. The third kappa shape index (κ3) is 3.53. The van der Waals surface area contributed by atoms with E-state index < -0.39 is 10.0 Å². The first-order chi connectivity index (χ1) is 9.94. The molecule has 0 unspecified atom stereocenters. The van der Waals surface area contributed by atoms with Crippen molar-refractivity contribution in [3.63, 3.8) is 0 Å². The lowest BCUT2D eigenvalue weighted by Crippen LogP contribution is -2.27. The van der Waals surface area contributed by atoms with Crippen molar-refractivity contribution < 1.29 is 13.2 Å². The number of hydrogen-bond acceptors (Lipinski definition) is 4. The number of nitrogens with one attached hydrogen (secondary N) is 1. The molecule has 0 aliphatic carbocycles. The van der Waals surface area contributed by atoms with E-state index in [9.17, 15) is 8.42 Å². The molecule has 5 nitrogen and oxygen atoms in total. The molecule has 2 rings (SSSR count). The third-order valence-corrected chi connectivity index (χ3v) is 4.69. The van der Waals surface area contributed by atoms with Crippen LogP contribution in [0, 0.1) is 0 Å². The summed E-state index contributed by atoms with van der Waals surface area (Å²) in [5, 5.41) is 0. The van der Waals surface area contributed by atoms with Crippen molar-refractivity contribution in [1.82, 2.24) is 4.72 Å². The van der Waals surface area contributed by atoms with E-state index >= 15 is 0 Å². The van der Waals surface area contributed by atoms with E-state index in [-0.39, 0.29) is 16.7 Å². The van der Waals surface area contributed by atoms with Crippen LogP contribution in [0.25, 0.3) is 0 Å². The highest BCUT2D eigenvalue weighted by atomic mass is 32.2. The Hall–Kier alpha value is -2.05. The van der Waals surface area contributed by atoms with Crippen LogP contribution in [0.3, 0.4) is 0 Å². The molecule has 2 aromatic carbocycles. The van der Waals surface area contributed by atoms with Gasteiger partial charge in [0.15, 0.2) is 0 Å². The minimum absolute atomic E-state index is 0.0713. The smallest absolute Gasteiger partial charge is 0.244 e. The van der Waals surface area contributed by atoms with Gasteiger partial charge in [-0.25, -0.2) is 13.1 Å². The largest absolute Gasteiger partial charge is 0.495 e. The Labute approximate surface area is 124 Å². The minimum atomic E-state index is -3.70. The molecular weight excluding hydrogens is 288 g/mol. The molecule has 2 aromatic rings. The van der Waals surface area contributed by atoms with E-state index in [0.717, 1.165) is 5.56 Å².